The van der Waals surface area contributed by atoms with E-state index in [4.69, 9.17) is 0 Å². The second kappa shape index (κ2) is 6.00. The van der Waals surface area contributed by atoms with Crippen molar-refractivity contribution in [2.75, 3.05) is 0 Å². The summed E-state index contributed by atoms with van der Waals surface area (Å²) in [4.78, 5) is 1.32. The average Bonchev–Trinajstić information content (AvgIpc) is 2.91. The van der Waals surface area contributed by atoms with Crippen molar-refractivity contribution in [2.45, 2.75) is 56.2 Å². The predicted octanol–water partition coefficient (Wildman–Crippen LogP) is 4.17. The Kier molecular flexibility index (Phi) is 4.10. The van der Waals surface area contributed by atoms with E-state index in [0.29, 0.717) is 5.25 Å². The Hall–Kier alpha value is -1.29. The van der Waals surface area contributed by atoms with Crippen molar-refractivity contribution in [2.24, 2.45) is 0 Å². The van der Waals surface area contributed by atoms with Crippen molar-refractivity contribution in [3.8, 4) is 11.4 Å². The summed E-state index contributed by atoms with van der Waals surface area (Å²) in [5.74, 6) is 2.20. The van der Waals surface area contributed by atoms with Gasteiger partial charge in [-0.25, -0.2) is 0 Å². The normalized spacial score (nSPS) is 15.9. The molecule has 0 saturated carbocycles. The number of aromatic nitrogens is 3. The van der Waals surface area contributed by atoms with Gasteiger partial charge in [0.2, 0.25) is 0 Å². The van der Waals surface area contributed by atoms with Gasteiger partial charge in [-0.05, 0) is 25.3 Å². The van der Waals surface area contributed by atoms with E-state index in [1.807, 2.05) is 11.8 Å². The Morgan fingerprint density at radius 1 is 1.25 bits per heavy atom. The van der Waals surface area contributed by atoms with E-state index in [1.165, 1.54) is 29.7 Å². The van der Waals surface area contributed by atoms with Gasteiger partial charge < -0.3 is 4.57 Å². The maximum absolute atomic E-state index is 4.46. The van der Waals surface area contributed by atoms with Crippen molar-refractivity contribution >= 4 is 11.8 Å². The van der Waals surface area contributed by atoms with E-state index in [2.05, 4.69) is 52.9 Å². The zero-order valence-electron chi connectivity index (χ0n) is 12.2. The number of aryl methyl sites for hydroxylation is 1. The predicted molar refractivity (Wildman–Crippen MR) is 84.0 cm³/mol. The van der Waals surface area contributed by atoms with Gasteiger partial charge in [0, 0.05) is 28.7 Å². The third-order valence-corrected chi connectivity index (χ3v) is 5.24. The summed E-state index contributed by atoms with van der Waals surface area (Å²) < 4.78 is 2.31. The number of fused-ring (bicyclic) bond motifs is 1. The van der Waals surface area contributed by atoms with Crippen LogP contribution in [0, 0.1) is 0 Å². The van der Waals surface area contributed by atoms with Crippen LogP contribution in [0.2, 0.25) is 0 Å². The molecule has 2 heterocycles. The maximum Gasteiger partial charge on any atom is 0.165 e. The van der Waals surface area contributed by atoms with Crippen molar-refractivity contribution in [1.82, 2.24) is 14.8 Å². The van der Waals surface area contributed by atoms with Gasteiger partial charge >= 0.3 is 0 Å². The Morgan fingerprint density at radius 2 is 2.10 bits per heavy atom. The topological polar surface area (TPSA) is 30.7 Å². The fraction of sp³-hybridized carbons (Fsp3) is 0.500. The molecule has 20 heavy (non-hydrogen) atoms. The van der Waals surface area contributed by atoms with Gasteiger partial charge in [-0.3, -0.25) is 0 Å². The first-order valence-corrected chi connectivity index (χ1v) is 8.35. The van der Waals surface area contributed by atoms with E-state index >= 15 is 0 Å². The molecule has 106 valence electrons. The number of rotatable bonds is 4. The van der Waals surface area contributed by atoms with Crippen LogP contribution in [0.1, 0.15) is 38.9 Å². The third-order valence-electron chi connectivity index (χ3n) is 3.89. The first-order valence-electron chi connectivity index (χ1n) is 7.47. The number of benzene rings is 1. The highest BCUT2D eigenvalue weighted by atomic mass is 32.2. The molecule has 1 aromatic carbocycles. The fourth-order valence-electron chi connectivity index (χ4n) is 2.56. The van der Waals surface area contributed by atoms with Crippen LogP contribution in [0.5, 0.6) is 0 Å². The molecule has 1 unspecified atom stereocenters. The van der Waals surface area contributed by atoms with Gasteiger partial charge in [0.15, 0.2) is 5.82 Å². The minimum atomic E-state index is 0.625. The average molecular weight is 287 g/mol. The summed E-state index contributed by atoms with van der Waals surface area (Å²) in [5.41, 5.74) is 1.23. The lowest BCUT2D eigenvalue weighted by atomic mass is 10.1. The molecule has 4 heteroatoms. The van der Waals surface area contributed by atoms with E-state index in [-0.39, 0.29) is 0 Å². The Labute approximate surface area is 124 Å². The fourth-order valence-corrected chi connectivity index (χ4v) is 3.61. The molecule has 1 aromatic heterocycles. The van der Waals surface area contributed by atoms with Crippen molar-refractivity contribution in [3.05, 3.63) is 30.1 Å². The molecule has 0 bridgehead atoms. The molecule has 0 N–H and O–H groups in total. The largest absolute Gasteiger partial charge is 0.311 e. The zero-order chi connectivity index (χ0) is 13.9. The summed E-state index contributed by atoms with van der Waals surface area (Å²) in [6.07, 6.45) is 4.71. The standard InChI is InChI=1S/C16H21N3S/c1-3-12(2)20-14-9-5-4-8-13(14)16-18-17-15-10-6-7-11-19(15)16/h4-5,8-9,12H,3,6-7,10-11H2,1-2H3. The number of thioether (sulfide) groups is 1. The summed E-state index contributed by atoms with van der Waals surface area (Å²) >= 11 is 1.94. The summed E-state index contributed by atoms with van der Waals surface area (Å²) in [6, 6.07) is 8.59. The third kappa shape index (κ3) is 2.62. The number of hydrogen-bond donors (Lipinski definition) is 0. The van der Waals surface area contributed by atoms with Crippen molar-refractivity contribution in [1.29, 1.82) is 0 Å². The quantitative estimate of drug-likeness (QED) is 0.791. The molecule has 0 radical (unpaired) electrons. The summed E-state index contributed by atoms with van der Waals surface area (Å²) in [5, 5.41) is 9.46. The molecular formula is C16H21N3S. The van der Waals surface area contributed by atoms with Gasteiger partial charge in [-0.2, -0.15) is 0 Å². The van der Waals surface area contributed by atoms with Crippen molar-refractivity contribution in [3.63, 3.8) is 0 Å². The van der Waals surface area contributed by atoms with Gasteiger partial charge in [-0.1, -0.05) is 32.0 Å². The second-order valence-corrected chi connectivity index (χ2v) is 6.86. The summed E-state index contributed by atoms with van der Waals surface area (Å²) in [7, 11) is 0. The van der Waals surface area contributed by atoms with Crippen LogP contribution in [-0.4, -0.2) is 20.0 Å². The SMILES string of the molecule is CCC(C)Sc1ccccc1-c1nnc2n1CCCC2. The molecule has 1 atom stereocenters. The first-order chi connectivity index (χ1) is 9.79. The Balaban J connectivity index is 1.99. The summed E-state index contributed by atoms with van der Waals surface area (Å²) in [6.45, 7) is 5.57. The molecule has 2 aromatic rings. The van der Waals surface area contributed by atoms with Gasteiger partial charge in [-0.15, -0.1) is 22.0 Å². The van der Waals surface area contributed by atoms with Gasteiger partial charge in [0.1, 0.15) is 5.82 Å². The van der Waals surface area contributed by atoms with E-state index < -0.39 is 0 Å². The Bertz CT molecular complexity index is 591. The maximum atomic E-state index is 4.46. The highest BCUT2D eigenvalue weighted by Gasteiger charge is 2.19. The smallest absolute Gasteiger partial charge is 0.165 e. The molecule has 0 aliphatic carbocycles. The molecule has 0 amide bonds. The van der Waals surface area contributed by atoms with Crippen LogP contribution in [0.15, 0.2) is 29.2 Å². The molecular weight excluding hydrogens is 266 g/mol. The molecule has 0 saturated heterocycles. The zero-order valence-corrected chi connectivity index (χ0v) is 13.0. The van der Waals surface area contributed by atoms with Gasteiger partial charge in [0.05, 0.1) is 0 Å². The minimum Gasteiger partial charge on any atom is -0.311 e. The van der Waals surface area contributed by atoms with E-state index in [0.717, 1.165) is 24.6 Å². The minimum absolute atomic E-state index is 0.625. The first kappa shape index (κ1) is 13.7. The van der Waals surface area contributed by atoms with Gasteiger partial charge in [0.25, 0.3) is 0 Å². The molecule has 1 aliphatic heterocycles. The molecule has 3 rings (SSSR count). The lowest BCUT2D eigenvalue weighted by Gasteiger charge is -2.17. The number of hydrogen-bond acceptors (Lipinski definition) is 3. The second-order valence-electron chi connectivity index (χ2n) is 5.38. The molecule has 0 fully saturated rings. The lowest BCUT2D eigenvalue weighted by Crippen LogP contribution is -2.11. The van der Waals surface area contributed by atoms with Crippen molar-refractivity contribution < 1.29 is 0 Å². The molecule has 3 nitrogen and oxygen atoms in total. The highest BCUT2D eigenvalue weighted by Crippen LogP contribution is 2.34. The van der Waals surface area contributed by atoms with E-state index in [9.17, 15) is 0 Å². The van der Waals surface area contributed by atoms with Crippen LogP contribution < -0.4 is 0 Å². The Morgan fingerprint density at radius 3 is 2.95 bits per heavy atom. The monoisotopic (exact) mass is 287 g/mol. The molecule has 1 aliphatic rings. The van der Waals surface area contributed by atoms with E-state index in [1.54, 1.807) is 0 Å². The van der Waals surface area contributed by atoms with Crippen LogP contribution in [0.25, 0.3) is 11.4 Å². The molecule has 0 spiro atoms. The number of nitrogens with zero attached hydrogens (tertiary/aromatic N) is 3. The highest BCUT2D eigenvalue weighted by molar-refractivity contribution is 8.00. The lowest BCUT2D eigenvalue weighted by molar-refractivity contribution is 0.525. The van der Waals surface area contributed by atoms with Crippen LogP contribution in [-0.2, 0) is 13.0 Å². The van der Waals surface area contributed by atoms with Crippen LogP contribution >= 0.6 is 11.8 Å². The van der Waals surface area contributed by atoms with Crippen LogP contribution in [0.4, 0.5) is 0 Å². The van der Waals surface area contributed by atoms with Crippen LogP contribution in [0.3, 0.4) is 0 Å².